The van der Waals surface area contributed by atoms with Gasteiger partial charge in [-0.1, -0.05) is 19.3 Å². The van der Waals surface area contributed by atoms with Crippen molar-refractivity contribution in [3.05, 3.63) is 64.4 Å². The van der Waals surface area contributed by atoms with E-state index in [1.807, 2.05) is 11.8 Å². The maximum absolute atomic E-state index is 13.7. The number of aromatic amines is 1. The molecule has 2 N–H and O–H groups in total. The summed E-state index contributed by atoms with van der Waals surface area (Å²) in [7, 11) is -2.04. The van der Waals surface area contributed by atoms with Crippen LogP contribution in [0, 0.1) is 0 Å². The molecule has 1 saturated heterocycles. The Bertz CT molecular complexity index is 1650. The van der Waals surface area contributed by atoms with Crippen LogP contribution in [-0.4, -0.2) is 55.6 Å². The Kier molecular flexibility index (Phi) is 9.26. The second-order valence-corrected chi connectivity index (χ2v) is 13.6. The van der Waals surface area contributed by atoms with Gasteiger partial charge in [0.2, 0.25) is 15.6 Å². The third-order valence-corrected chi connectivity index (χ3v) is 10.7. The Morgan fingerprint density at radius 3 is 2.43 bits per heavy atom. The van der Waals surface area contributed by atoms with Crippen LogP contribution >= 0.6 is 0 Å². The number of carbonyl (C=O) groups excluding carboxylic acids is 1. The molecule has 2 fully saturated rings. The largest absolute Gasteiger partial charge is 0.449 e. The van der Waals surface area contributed by atoms with Crippen molar-refractivity contribution < 1.29 is 31.1 Å². The van der Waals surface area contributed by atoms with E-state index in [0.29, 0.717) is 23.9 Å². The monoisotopic (exact) mass is 634 g/mol. The van der Waals surface area contributed by atoms with Gasteiger partial charge in [0.1, 0.15) is 0 Å². The number of benzene rings is 2. The predicted octanol–water partition coefficient (Wildman–Crippen LogP) is 6.50. The predicted molar refractivity (Wildman–Crippen MR) is 162 cm³/mol. The van der Waals surface area contributed by atoms with Crippen LogP contribution < -0.4 is 15.8 Å². The molecule has 2 aromatic carbocycles. The van der Waals surface area contributed by atoms with E-state index in [1.54, 1.807) is 13.1 Å². The molecule has 13 heteroatoms. The lowest BCUT2D eigenvalue weighted by atomic mass is 9.96. The fraction of sp³-hybridized carbons (Fsp3) is 0.484. The van der Waals surface area contributed by atoms with Gasteiger partial charge < -0.3 is 14.6 Å². The third kappa shape index (κ3) is 6.88. The van der Waals surface area contributed by atoms with Crippen LogP contribution in [-0.2, 0) is 20.9 Å². The normalized spacial score (nSPS) is 19.9. The van der Waals surface area contributed by atoms with Gasteiger partial charge in [-0.15, -0.1) is 0 Å². The number of pyridine rings is 1. The second-order valence-electron chi connectivity index (χ2n) is 11.6. The molecular weight excluding hydrogens is 597 g/mol. The van der Waals surface area contributed by atoms with Gasteiger partial charge in [-0.05, 0) is 75.1 Å². The first-order valence-corrected chi connectivity index (χ1v) is 16.3. The van der Waals surface area contributed by atoms with Gasteiger partial charge in [0.25, 0.3) is 0 Å². The standard InChI is InChI=1S/C31H37F3N4O5S/c1-20-8-11-23(38(20)24-12-15-28-26(18-24)27(31(32,33)34)19-29(39)36-28)16-17-43-30(40)35-21-9-13-25(14-10-21)44(41,42)37(2)22-6-4-3-5-7-22/h9-10,12-15,18-20,22-23H,3-8,11,16-17H2,1-2H3,(H,35,40)(H,36,39)/t20-,23-/m1/s1. The Labute approximate surface area is 254 Å². The van der Waals surface area contributed by atoms with E-state index in [1.165, 1.54) is 40.7 Å². The maximum Gasteiger partial charge on any atom is 0.417 e. The van der Waals surface area contributed by atoms with Crippen molar-refractivity contribution in [1.29, 1.82) is 0 Å². The Morgan fingerprint density at radius 1 is 1.05 bits per heavy atom. The summed E-state index contributed by atoms with van der Waals surface area (Å²) in [5, 5.41) is 2.54. The number of aromatic nitrogens is 1. The third-order valence-electron chi connectivity index (χ3n) is 8.77. The number of nitrogens with zero attached hydrogens (tertiary/aromatic N) is 2. The van der Waals surface area contributed by atoms with Crippen molar-refractivity contribution >= 4 is 38.4 Å². The van der Waals surface area contributed by atoms with Gasteiger partial charge in [-0.3, -0.25) is 10.1 Å². The van der Waals surface area contributed by atoms with Crippen LogP contribution in [0.4, 0.5) is 29.3 Å². The molecule has 2 atom stereocenters. The lowest BCUT2D eigenvalue weighted by molar-refractivity contribution is -0.136. The summed E-state index contributed by atoms with van der Waals surface area (Å²) in [6.45, 7) is 2.07. The summed E-state index contributed by atoms with van der Waals surface area (Å²) in [6, 6.07) is 11.1. The minimum Gasteiger partial charge on any atom is -0.449 e. The number of rotatable bonds is 8. The number of sulfonamides is 1. The molecule has 5 rings (SSSR count). The highest BCUT2D eigenvalue weighted by Crippen LogP contribution is 2.38. The van der Waals surface area contributed by atoms with Crippen molar-refractivity contribution in [2.45, 2.75) is 87.5 Å². The van der Waals surface area contributed by atoms with Crippen LogP contribution in [0.1, 0.15) is 63.9 Å². The van der Waals surface area contributed by atoms with Crippen LogP contribution in [0.2, 0.25) is 0 Å². The van der Waals surface area contributed by atoms with Crippen LogP contribution in [0.15, 0.2) is 58.2 Å². The maximum atomic E-state index is 13.7. The van der Waals surface area contributed by atoms with E-state index in [0.717, 1.165) is 44.9 Å². The zero-order valence-electron chi connectivity index (χ0n) is 24.7. The first-order chi connectivity index (χ1) is 20.8. The second kappa shape index (κ2) is 12.8. The number of fused-ring (bicyclic) bond motifs is 1. The molecule has 3 aromatic rings. The van der Waals surface area contributed by atoms with Gasteiger partial charge >= 0.3 is 12.3 Å². The molecule has 44 heavy (non-hydrogen) atoms. The summed E-state index contributed by atoms with van der Waals surface area (Å²) in [5.41, 5.74) is -0.704. The zero-order chi connectivity index (χ0) is 31.6. The van der Waals surface area contributed by atoms with E-state index in [2.05, 4.69) is 10.3 Å². The highest BCUT2D eigenvalue weighted by Gasteiger charge is 2.35. The number of anilines is 2. The number of hydrogen-bond acceptors (Lipinski definition) is 6. The van der Waals surface area contributed by atoms with E-state index in [9.17, 15) is 31.2 Å². The molecule has 1 aliphatic carbocycles. The molecule has 1 aromatic heterocycles. The smallest absolute Gasteiger partial charge is 0.417 e. The quantitative estimate of drug-likeness (QED) is 0.293. The number of halogens is 3. The van der Waals surface area contributed by atoms with Crippen molar-refractivity contribution in [3.63, 3.8) is 0 Å². The van der Waals surface area contributed by atoms with Gasteiger partial charge in [-0.2, -0.15) is 17.5 Å². The molecule has 238 valence electrons. The van der Waals surface area contributed by atoms with Crippen molar-refractivity contribution in [2.24, 2.45) is 0 Å². The summed E-state index contributed by atoms with van der Waals surface area (Å²) in [5.74, 6) is 0. The Morgan fingerprint density at radius 2 is 1.75 bits per heavy atom. The lowest BCUT2D eigenvalue weighted by Gasteiger charge is -2.31. The van der Waals surface area contributed by atoms with Crippen molar-refractivity contribution in [3.8, 4) is 0 Å². The lowest BCUT2D eigenvalue weighted by Crippen LogP contribution is -2.38. The van der Waals surface area contributed by atoms with Crippen LogP contribution in [0.25, 0.3) is 10.9 Å². The highest BCUT2D eigenvalue weighted by atomic mass is 32.2. The minimum absolute atomic E-state index is 0.00979. The van der Waals surface area contributed by atoms with E-state index >= 15 is 0 Å². The Balaban J connectivity index is 1.19. The van der Waals surface area contributed by atoms with Gasteiger partial charge in [0.15, 0.2) is 0 Å². The number of ether oxygens (including phenoxy) is 1. The summed E-state index contributed by atoms with van der Waals surface area (Å²) in [4.78, 5) is 28.9. The van der Waals surface area contributed by atoms with Gasteiger partial charge in [-0.25, -0.2) is 13.2 Å². The molecular formula is C31H37F3N4O5S. The van der Waals surface area contributed by atoms with Gasteiger partial charge in [0.05, 0.1) is 17.1 Å². The van der Waals surface area contributed by atoms with Crippen molar-refractivity contribution in [1.82, 2.24) is 9.29 Å². The number of alkyl halides is 3. The van der Waals surface area contributed by atoms with E-state index < -0.39 is 33.4 Å². The van der Waals surface area contributed by atoms with Crippen LogP contribution in [0.5, 0.6) is 0 Å². The molecule has 9 nitrogen and oxygen atoms in total. The first-order valence-electron chi connectivity index (χ1n) is 14.9. The molecule has 0 bridgehead atoms. The zero-order valence-corrected chi connectivity index (χ0v) is 25.5. The number of hydrogen-bond donors (Lipinski definition) is 2. The molecule has 2 aliphatic rings. The fourth-order valence-corrected chi connectivity index (χ4v) is 7.83. The highest BCUT2D eigenvalue weighted by molar-refractivity contribution is 7.89. The number of carbonyl (C=O) groups is 1. The van der Waals surface area contributed by atoms with Crippen molar-refractivity contribution in [2.75, 3.05) is 23.9 Å². The summed E-state index contributed by atoms with van der Waals surface area (Å²) < 4.78 is 74.0. The van der Waals surface area contributed by atoms with E-state index in [4.69, 9.17) is 4.74 Å². The SMILES string of the molecule is C[C@@H]1CC[C@H](CCOC(=O)Nc2ccc(S(=O)(=O)N(C)C3CCCCC3)cc2)N1c1ccc2[nH]c(=O)cc(C(F)(F)F)c2c1. The molecule has 1 aliphatic heterocycles. The number of H-pyrrole nitrogens is 1. The van der Waals surface area contributed by atoms with E-state index in [-0.39, 0.29) is 40.5 Å². The topological polar surface area (TPSA) is 112 Å². The summed E-state index contributed by atoms with van der Waals surface area (Å²) >= 11 is 0. The molecule has 1 saturated carbocycles. The number of nitrogens with one attached hydrogen (secondary N) is 2. The molecule has 2 heterocycles. The van der Waals surface area contributed by atoms with Gasteiger partial charge in [0, 0.05) is 59.9 Å². The fourth-order valence-electron chi connectivity index (χ4n) is 6.42. The first kappa shape index (κ1) is 31.8. The molecule has 0 unspecified atom stereocenters. The summed E-state index contributed by atoms with van der Waals surface area (Å²) in [6.07, 6.45) is 1.53. The van der Waals surface area contributed by atoms with Crippen LogP contribution in [0.3, 0.4) is 0 Å². The molecule has 0 radical (unpaired) electrons. The molecule has 1 amide bonds. The minimum atomic E-state index is -4.68. The average molecular weight is 635 g/mol. The average Bonchev–Trinajstić information content (AvgIpc) is 3.36. The molecule has 0 spiro atoms. The Hall–Kier alpha value is -3.58. The number of amides is 1.